The van der Waals surface area contributed by atoms with Crippen molar-refractivity contribution < 1.29 is 0 Å². The van der Waals surface area contributed by atoms with E-state index in [9.17, 15) is 0 Å². The Morgan fingerprint density at radius 1 is 1.50 bits per heavy atom. The molecule has 66 valence electrons. The summed E-state index contributed by atoms with van der Waals surface area (Å²) in [6.45, 7) is 4.14. The second kappa shape index (κ2) is 4.06. The molecule has 1 aromatic rings. The van der Waals surface area contributed by atoms with Gasteiger partial charge in [-0.3, -0.25) is 0 Å². The smallest absolute Gasteiger partial charge is 0.0178 e. The first-order valence-electron chi connectivity index (χ1n) is 4.10. The summed E-state index contributed by atoms with van der Waals surface area (Å²) in [4.78, 5) is 0. The van der Waals surface area contributed by atoms with Crippen molar-refractivity contribution in [3.8, 4) is 0 Å². The van der Waals surface area contributed by atoms with Gasteiger partial charge in [0.2, 0.25) is 0 Å². The maximum atomic E-state index is 5.73. The van der Waals surface area contributed by atoms with E-state index in [0.29, 0.717) is 0 Å². The minimum Gasteiger partial charge on any atom is -0.328 e. The SMILES string of the molecule is Cc1ccc(Br)cc1C[C@H](C)N. The van der Waals surface area contributed by atoms with Crippen molar-refractivity contribution in [1.82, 2.24) is 0 Å². The summed E-state index contributed by atoms with van der Waals surface area (Å²) in [5.74, 6) is 0. The van der Waals surface area contributed by atoms with Crippen molar-refractivity contribution in [2.45, 2.75) is 26.3 Å². The van der Waals surface area contributed by atoms with E-state index >= 15 is 0 Å². The minimum absolute atomic E-state index is 0.234. The molecule has 0 aliphatic rings. The number of halogens is 1. The van der Waals surface area contributed by atoms with Crippen LogP contribution in [0.15, 0.2) is 22.7 Å². The van der Waals surface area contributed by atoms with Gasteiger partial charge in [-0.05, 0) is 43.5 Å². The molecule has 0 aromatic heterocycles. The average molecular weight is 228 g/mol. The van der Waals surface area contributed by atoms with Crippen LogP contribution in [0.5, 0.6) is 0 Å². The maximum absolute atomic E-state index is 5.73. The fourth-order valence-corrected chi connectivity index (χ4v) is 1.62. The summed E-state index contributed by atoms with van der Waals surface area (Å²) >= 11 is 3.45. The molecule has 1 nitrogen and oxygen atoms in total. The number of hydrogen-bond donors (Lipinski definition) is 1. The average Bonchev–Trinajstić information content (AvgIpc) is 1.96. The molecule has 0 radical (unpaired) electrons. The highest BCUT2D eigenvalue weighted by molar-refractivity contribution is 9.10. The number of nitrogens with two attached hydrogens (primary N) is 1. The van der Waals surface area contributed by atoms with Gasteiger partial charge < -0.3 is 5.73 Å². The lowest BCUT2D eigenvalue weighted by molar-refractivity contribution is 0.734. The van der Waals surface area contributed by atoms with Crippen molar-refractivity contribution in [1.29, 1.82) is 0 Å². The summed E-state index contributed by atoms with van der Waals surface area (Å²) < 4.78 is 1.13. The van der Waals surface area contributed by atoms with Gasteiger partial charge in [0.25, 0.3) is 0 Å². The van der Waals surface area contributed by atoms with Crippen LogP contribution in [-0.4, -0.2) is 6.04 Å². The monoisotopic (exact) mass is 227 g/mol. The van der Waals surface area contributed by atoms with Crippen LogP contribution in [0.2, 0.25) is 0 Å². The van der Waals surface area contributed by atoms with Gasteiger partial charge in [-0.1, -0.05) is 22.0 Å². The van der Waals surface area contributed by atoms with E-state index in [4.69, 9.17) is 5.73 Å². The molecule has 0 aliphatic heterocycles. The van der Waals surface area contributed by atoms with E-state index in [1.807, 2.05) is 6.92 Å². The van der Waals surface area contributed by atoms with E-state index in [1.54, 1.807) is 0 Å². The molecule has 1 rings (SSSR count). The van der Waals surface area contributed by atoms with Crippen molar-refractivity contribution in [3.05, 3.63) is 33.8 Å². The van der Waals surface area contributed by atoms with Crippen molar-refractivity contribution >= 4 is 15.9 Å². The Morgan fingerprint density at radius 2 is 2.17 bits per heavy atom. The first-order valence-corrected chi connectivity index (χ1v) is 4.89. The molecule has 0 spiro atoms. The lowest BCUT2D eigenvalue weighted by atomic mass is 10.0. The van der Waals surface area contributed by atoms with Crippen molar-refractivity contribution in [2.24, 2.45) is 5.73 Å². The summed E-state index contributed by atoms with van der Waals surface area (Å²) in [6, 6.07) is 6.54. The largest absolute Gasteiger partial charge is 0.328 e. The molecule has 12 heavy (non-hydrogen) atoms. The highest BCUT2D eigenvalue weighted by Crippen LogP contribution is 2.16. The molecule has 0 bridgehead atoms. The third-order valence-corrected chi connectivity index (χ3v) is 2.35. The normalized spacial score (nSPS) is 13.0. The van der Waals surface area contributed by atoms with E-state index in [0.717, 1.165) is 10.9 Å². The Morgan fingerprint density at radius 3 is 2.75 bits per heavy atom. The molecule has 0 unspecified atom stereocenters. The third-order valence-electron chi connectivity index (χ3n) is 1.85. The standard InChI is InChI=1S/C10H14BrN/c1-7-3-4-10(11)6-9(7)5-8(2)12/h3-4,6,8H,5,12H2,1-2H3/t8-/m0/s1. The molecule has 1 atom stereocenters. The van der Waals surface area contributed by atoms with Gasteiger partial charge in [-0.25, -0.2) is 0 Å². The molecule has 0 saturated carbocycles. The Bertz CT molecular complexity index is 269. The van der Waals surface area contributed by atoms with Crippen LogP contribution in [0.25, 0.3) is 0 Å². The molecule has 0 amide bonds. The molecular formula is C10H14BrN. The second-order valence-electron chi connectivity index (χ2n) is 3.25. The fraction of sp³-hybridized carbons (Fsp3) is 0.400. The van der Waals surface area contributed by atoms with Crippen LogP contribution in [0.1, 0.15) is 18.1 Å². The zero-order valence-electron chi connectivity index (χ0n) is 7.47. The van der Waals surface area contributed by atoms with Crippen LogP contribution in [0.4, 0.5) is 0 Å². The lowest BCUT2D eigenvalue weighted by Gasteiger charge is -2.08. The summed E-state index contributed by atoms with van der Waals surface area (Å²) in [5, 5.41) is 0. The first kappa shape index (κ1) is 9.75. The van der Waals surface area contributed by atoms with E-state index < -0.39 is 0 Å². The van der Waals surface area contributed by atoms with Crippen molar-refractivity contribution in [2.75, 3.05) is 0 Å². The predicted molar refractivity (Wildman–Crippen MR) is 56.2 cm³/mol. The molecule has 0 aliphatic carbocycles. The van der Waals surface area contributed by atoms with Crippen LogP contribution < -0.4 is 5.73 Å². The van der Waals surface area contributed by atoms with Gasteiger partial charge >= 0.3 is 0 Å². The van der Waals surface area contributed by atoms with Crippen LogP contribution >= 0.6 is 15.9 Å². The van der Waals surface area contributed by atoms with E-state index in [-0.39, 0.29) is 6.04 Å². The molecule has 1 aromatic carbocycles. The fourth-order valence-electron chi connectivity index (χ4n) is 1.21. The Kier molecular flexibility index (Phi) is 3.29. The number of benzene rings is 1. The summed E-state index contributed by atoms with van der Waals surface area (Å²) in [6.07, 6.45) is 0.950. The lowest BCUT2D eigenvalue weighted by Crippen LogP contribution is -2.18. The third kappa shape index (κ3) is 2.61. The highest BCUT2D eigenvalue weighted by Gasteiger charge is 2.01. The molecule has 0 saturated heterocycles. The van der Waals surface area contributed by atoms with Crippen LogP contribution in [0, 0.1) is 6.92 Å². The van der Waals surface area contributed by atoms with Crippen LogP contribution in [0.3, 0.4) is 0 Å². The quantitative estimate of drug-likeness (QED) is 0.827. The number of aryl methyl sites for hydroxylation is 1. The molecular weight excluding hydrogens is 214 g/mol. The second-order valence-corrected chi connectivity index (χ2v) is 4.17. The van der Waals surface area contributed by atoms with Gasteiger partial charge in [0.05, 0.1) is 0 Å². The van der Waals surface area contributed by atoms with Gasteiger partial charge in [-0.15, -0.1) is 0 Å². The van der Waals surface area contributed by atoms with Crippen molar-refractivity contribution in [3.63, 3.8) is 0 Å². The van der Waals surface area contributed by atoms with Gasteiger partial charge in [0.15, 0.2) is 0 Å². The van der Waals surface area contributed by atoms with Crippen LogP contribution in [-0.2, 0) is 6.42 Å². The first-order chi connectivity index (χ1) is 5.59. The Hall–Kier alpha value is -0.340. The summed E-state index contributed by atoms with van der Waals surface area (Å²) in [5.41, 5.74) is 8.38. The Balaban J connectivity index is 2.90. The van der Waals surface area contributed by atoms with Gasteiger partial charge in [0.1, 0.15) is 0 Å². The van der Waals surface area contributed by atoms with E-state index in [1.165, 1.54) is 11.1 Å². The highest BCUT2D eigenvalue weighted by atomic mass is 79.9. The van der Waals surface area contributed by atoms with E-state index in [2.05, 4.69) is 41.1 Å². The Labute approximate surface area is 82.1 Å². The van der Waals surface area contributed by atoms with Gasteiger partial charge in [-0.2, -0.15) is 0 Å². The zero-order chi connectivity index (χ0) is 9.14. The molecule has 2 heteroatoms. The molecule has 2 N–H and O–H groups in total. The zero-order valence-corrected chi connectivity index (χ0v) is 9.06. The minimum atomic E-state index is 0.234. The summed E-state index contributed by atoms with van der Waals surface area (Å²) in [7, 11) is 0. The number of rotatable bonds is 2. The number of hydrogen-bond acceptors (Lipinski definition) is 1. The van der Waals surface area contributed by atoms with Gasteiger partial charge in [0, 0.05) is 10.5 Å². The topological polar surface area (TPSA) is 26.0 Å². The molecule has 0 fully saturated rings. The predicted octanol–water partition coefficient (Wildman–Crippen LogP) is 2.65. The maximum Gasteiger partial charge on any atom is 0.0178 e. The molecule has 0 heterocycles.